The molecule has 1 aromatic carbocycles. The van der Waals surface area contributed by atoms with Crippen molar-refractivity contribution in [2.45, 2.75) is 58.7 Å². The summed E-state index contributed by atoms with van der Waals surface area (Å²) >= 11 is 0. The molecule has 144 valence electrons. The lowest BCUT2D eigenvalue weighted by atomic mass is 9.85. The number of benzene rings is 1. The van der Waals surface area contributed by atoms with Crippen LogP contribution in [0.2, 0.25) is 0 Å². The number of amides is 1. The number of hydrogen-bond acceptors (Lipinski definition) is 4. The smallest absolute Gasteiger partial charge is 0.418 e. The Labute approximate surface area is 159 Å². The van der Waals surface area contributed by atoms with Gasteiger partial charge in [-0.05, 0) is 63.4 Å². The Morgan fingerprint density at radius 3 is 2.56 bits per heavy atom. The standard InChI is InChI=1S/C21H26N2O4/c1-6-21(7-2)15-13-14(10-11-16(15)22-18(24)26-21)17-9-8-12-23(17)19(25)27-20(3,4)5/h8-13H,6-7H2,1-5H3,(H,22,24). The van der Waals surface area contributed by atoms with E-state index in [-0.39, 0.29) is 0 Å². The first-order valence-electron chi connectivity index (χ1n) is 9.24. The molecule has 2 heterocycles. The van der Waals surface area contributed by atoms with Crippen LogP contribution in [-0.4, -0.2) is 22.4 Å². The fourth-order valence-electron chi connectivity index (χ4n) is 3.42. The molecule has 0 saturated carbocycles. The second-order valence-electron chi connectivity index (χ2n) is 7.72. The van der Waals surface area contributed by atoms with Crippen molar-refractivity contribution in [3.05, 3.63) is 42.1 Å². The SMILES string of the molecule is CCC1(CC)OC(=O)Nc2ccc(-c3cccn3C(=O)OC(C)(C)C)cc21. The third-order valence-electron chi connectivity index (χ3n) is 4.81. The Bertz CT molecular complexity index is 873. The highest BCUT2D eigenvalue weighted by atomic mass is 16.6. The van der Waals surface area contributed by atoms with E-state index in [1.165, 1.54) is 4.57 Å². The number of carbonyl (C=O) groups is 2. The summed E-state index contributed by atoms with van der Waals surface area (Å²) in [7, 11) is 0. The second-order valence-corrected chi connectivity index (χ2v) is 7.72. The van der Waals surface area contributed by atoms with Gasteiger partial charge >= 0.3 is 12.2 Å². The van der Waals surface area contributed by atoms with Crippen molar-refractivity contribution < 1.29 is 19.1 Å². The van der Waals surface area contributed by atoms with Gasteiger partial charge in [-0.25, -0.2) is 9.59 Å². The van der Waals surface area contributed by atoms with E-state index in [4.69, 9.17) is 9.47 Å². The number of nitrogens with zero attached hydrogens (tertiary/aromatic N) is 1. The zero-order chi connectivity index (χ0) is 19.8. The van der Waals surface area contributed by atoms with Crippen LogP contribution in [0.4, 0.5) is 15.3 Å². The Kier molecular flexibility index (Phi) is 4.76. The lowest BCUT2D eigenvalue weighted by molar-refractivity contribution is 0.00476. The zero-order valence-corrected chi connectivity index (χ0v) is 16.5. The van der Waals surface area contributed by atoms with Gasteiger partial charge in [0.2, 0.25) is 0 Å². The van der Waals surface area contributed by atoms with Crippen LogP contribution in [0.3, 0.4) is 0 Å². The van der Waals surface area contributed by atoms with Crippen molar-refractivity contribution in [1.29, 1.82) is 0 Å². The number of hydrogen-bond donors (Lipinski definition) is 1. The van der Waals surface area contributed by atoms with Crippen LogP contribution >= 0.6 is 0 Å². The molecule has 0 atom stereocenters. The number of carbonyl (C=O) groups excluding carboxylic acids is 2. The molecule has 0 aliphatic carbocycles. The minimum Gasteiger partial charge on any atom is -0.443 e. The van der Waals surface area contributed by atoms with Crippen LogP contribution in [0.1, 0.15) is 53.0 Å². The molecule has 0 bridgehead atoms. The van der Waals surface area contributed by atoms with Crippen LogP contribution in [0, 0.1) is 0 Å². The van der Waals surface area contributed by atoms with Gasteiger partial charge in [0.15, 0.2) is 0 Å². The molecule has 3 rings (SSSR count). The van der Waals surface area contributed by atoms with E-state index in [9.17, 15) is 9.59 Å². The molecule has 1 aliphatic heterocycles. The number of cyclic esters (lactones) is 1. The fourth-order valence-corrected chi connectivity index (χ4v) is 3.42. The highest BCUT2D eigenvalue weighted by Crippen LogP contribution is 2.42. The minimum atomic E-state index is -0.670. The van der Waals surface area contributed by atoms with Crippen molar-refractivity contribution in [2.24, 2.45) is 0 Å². The molecule has 1 aliphatic rings. The maximum absolute atomic E-state index is 12.5. The molecular weight excluding hydrogens is 344 g/mol. The highest BCUT2D eigenvalue weighted by molar-refractivity contribution is 5.90. The Balaban J connectivity index is 2.05. The number of rotatable bonds is 3. The number of ether oxygens (including phenoxy) is 2. The first kappa shape index (κ1) is 19.0. The molecule has 6 nitrogen and oxygen atoms in total. The molecule has 0 saturated heterocycles. The average molecular weight is 370 g/mol. The molecule has 1 amide bonds. The van der Waals surface area contributed by atoms with Crippen molar-refractivity contribution in [3.8, 4) is 11.3 Å². The Hall–Kier alpha value is -2.76. The van der Waals surface area contributed by atoms with Gasteiger partial charge < -0.3 is 9.47 Å². The first-order chi connectivity index (χ1) is 12.7. The van der Waals surface area contributed by atoms with E-state index in [1.54, 1.807) is 6.20 Å². The number of aromatic nitrogens is 1. The van der Waals surface area contributed by atoms with Gasteiger partial charge in [-0.3, -0.25) is 9.88 Å². The average Bonchev–Trinajstić information content (AvgIpc) is 3.09. The van der Waals surface area contributed by atoms with Gasteiger partial charge in [0.05, 0.1) is 11.4 Å². The molecule has 2 aromatic rings. The summed E-state index contributed by atoms with van der Waals surface area (Å²) in [5.74, 6) is 0. The van der Waals surface area contributed by atoms with E-state index < -0.39 is 23.4 Å². The summed E-state index contributed by atoms with van der Waals surface area (Å²) in [6, 6.07) is 9.41. The third kappa shape index (κ3) is 3.56. The summed E-state index contributed by atoms with van der Waals surface area (Å²) in [6.07, 6.45) is 2.16. The van der Waals surface area contributed by atoms with E-state index in [0.29, 0.717) is 12.8 Å². The van der Waals surface area contributed by atoms with Gasteiger partial charge in [0, 0.05) is 11.8 Å². The monoisotopic (exact) mass is 370 g/mol. The van der Waals surface area contributed by atoms with Crippen molar-refractivity contribution in [2.75, 3.05) is 5.32 Å². The van der Waals surface area contributed by atoms with Crippen LogP contribution in [0.15, 0.2) is 36.5 Å². The second kappa shape index (κ2) is 6.76. The van der Waals surface area contributed by atoms with Gasteiger partial charge in [0.25, 0.3) is 0 Å². The van der Waals surface area contributed by atoms with Crippen LogP contribution in [0.5, 0.6) is 0 Å². The highest BCUT2D eigenvalue weighted by Gasteiger charge is 2.39. The van der Waals surface area contributed by atoms with E-state index in [2.05, 4.69) is 5.32 Å². The summed E-state index contributed by atoms with van der Waals surface area (Å²) < 4.78 is 12.7. The van der Waals surface area contributed by atoms with Gasteiger partial charge in [-0.1, -0.05) is 19.9 Å². The van der Waals surface area contributed by atoms with Crippen LogP contribution in [0.25, 0.3) is 11.3 Å². The van der Waals surface area contributed by atoms with Crippen molar-refractivity contribution in [3.63, 3.8) is 0 Å². The molecule has 0 unspecified atom stereocenters. The van der Waals surface area contributed by atoms with Gasteiger partial charge in [0.1, 0.15) is 11.2 Å². The van der Waals surface area contributed by atoms with Gasteiger partial charge in [-0.2, -0.15) is 0 Å². The maximum atomic E-state index is 12.5. The topological polar surface area (TPSA) is 69.6 Å². The predicted octanol–water partition coefficient (Wildman–Crippen LogP) is 5.52. The lowest BCUT2D eigenvalue weighted by Crippen LogP contribution is -2.38. The van der Waals surface area contributed by atoms with E-state index in [0.717, 1.165) is 22.5 Å². The van der Waals surface area contributed by atoms with E-state index >= 15 is 0 Å². The third-order valence-corrected chi connectivity index (χ3v) is 4.81. The molecule has 27 heavy (non-hydrogen) atoms. The van der Waals surface area contributed by atoms with Crippen molar-refractivity contribution >= 4 is 17.9 Å². The van der Waals surface area contributed by atoms with Crippen LogP contribution in [-0.2, 0) is 15.1 Å². The molecular formula is C21H26N2O4. The summed E-state index contributed by atoms with van der Waals surface area (Å²) in [5, 5.41) is 2.76. The van der Waals surface area contributed by atoms with Crippen molar-refractivity contribution in [1.82, 2.24) is 4.57 Å². The Morgan fingerprint density at radius 2 is 1.93 bits per heavy atom. The molecule has 0 radical (unpaired) electrons. The summed E-state index contributed by atoms with van der Waals surface area (Å²) in [6.45, 7) is 9.52. The quantitative estimate of drug-likeness (QED) is 0.773. The minimum absolute atomic E-state index is 0.429. The molecule has 0 spiro atoms. The molecule has 1 aromatic heterocycles. The normalized spacial score (nSPS) is 15.5. The number of nitrogens with one attached hydrogen (secondary N) is 1. The largest absolute Gasteiger partial charge is 0.443 e. The predicted molar refractivity (Wildman–Crippen MR) is 104 cm³/mol. The number of fused-ring (bicyclic) bond motifs is 1. The fraction of sp³-hybridized carbons (Fsp3) is 0.429. The maximum Gasteiger partial charge on any atom is 0.418 e. The first-order valence-corrected chi connectivity index (χ1v) is 9.24. The Morgan fingerprint density at radius 1 is 1.22 bits per heavy atom. The summed E-state index contributed by atoms with van der Waals surface area (Å²) in [5.41, 5.74) is 2.00. The van der Waals surface area contributed by atoms with Gasteiger partial charge in [-0.15, -0.1) is 0 Å². The van der Waals surface area contributed by atoms with Crippen LogP contribution < -0.4 is 5.32 Å². The summed E-state index contributed by atoms with van der Waals surface area (Å²) in [4.78, 5) is 24.5. The lowest BCUT2D eigenvalue weighted by Gasteiger charge is -2.37. The molecule has 0 fully saturated rings. The zero-order valence-electron chi connectivity index (χ0n) is 16.5. The van der Waals surface area contributed by atoms with E-state index in [1.807, 2.05) is 65.0 Å². The molecule has 1 N–H and O–H groups in total. The number of anilines is 1. The molecule has 6 heteroatoms.